The largest absolute Gasteiger partial charge is 0.295 e. The van der Waals surface area contributed by atoms with Gasteiger partial charge in [-0.05, 0) is 64.9 Å². The van der Waals surface area contributed by atoms with Gasteiger partial charge in [-0.2, -0.15) is 5.10 Å². The molecule has 0 radical (unpaired) electrons. The minimum absolute atomic E-state index is 0.0450. The fourth-order valence-electron chi connectivity index (χ4n) is 4.71. The fourth-order valence-corrected chi connectivity index (χ4v) is 6.20. The molecule has 2 saturated carbocycles. The summed E-state index contributed by atoms with van der Waals surface area (Å²) in [7, 11) is 1.77. The molecule has 6 rings (SSSR count). The molecular weight excluding hydrogens is 490 g/mol. The van der Waals surface area contributed by atoms with Crippen LogP contribution >= 0.6 is 0 Å². The topological polar surface area (TPSA) is 103 Å². The van der Waals surface area contributed by atoms with Gasteiger partial charge in [0.05, 0.1) is 43.7 Å². The van der Waals surface area contributed by atoms with Crippen molar-refractivity contribution in [2.75, 3.05) is 25.5 Å². The van der Waals surface area contributed by atoms with Crippen LogP contribution in [0.4, 0.5) is 5.69 Å². The Morgan fingerprint density at radius 3 is 2.65 bits per heavy atom. The van der Waals surface area contributed by atoms with E-state index in [9.17, 15) is 13.2 Å². The summed E-state index contributed by atoms with van der Waals surface area (Å²) in [5, 5.41) is 4.08. The minimum Gasteiger partial charge on any atom is -0.295 e. The van der Waals surface area contributed by atoms with E-state index >= 15 is 0 Å². The second kappa shape index (κ2) is 8.15. The number of aryl methyl sites for hydroxylation is 1. The average molecular weight is 524 g/mol. The molecule has 1 atom stereocenters. The first kappa shape index (κ1) is 21.8. The molecule has 0 bridgehead atoms. The van der Waals surface area contributed by atoms with Crippen molar-refractivity contribution in [3.8, 4) is 11.8 Å². The molecule has 10 nitrogen and oxygen atoms in total. The lowest BCUT2D eigenvalue weighted by molar-refractivity contribution is 0.0833. The maximum Gasteiger partial charge on any atom is 0.263 e. The van der Waals surface area contributed by atoms with E-state index < -0.39 is 34.0 Å². The van der Waals surface area contributed by atoms with Crippen LogP contribution in [0.2, 0.25) is 0 Å². The average Bonchev–Trinajstić information content (AvgIpc) is 3.71. The van der Waals surface area contributed by atoms with Crippen LogP contribution in [-0.4, -0.2) is 77.6 Å². The highest BCUT2D eigenvalue weighted by molar-refractivity contribution is 7.89. The van der Waals surface area contributed by atoms with Crippen molar-refractivity contribution in [2.45, 2.75) is 61.1 Å². The van der Waals surface area contributed by atoms with Gasteiger partial charge < -0.3 is 0 Å². The summed E-state index contributed by atoms with van der Waals surface area (Å²) in [6.45, 7) is -0.217. The summed E-state index contributed by atoms with van der Waals surface area (Å²) < 4.78 is 48.5. The number of carbonyl (C=O) groups excluding carboxylic acids is 1. The summed E-state index contributed by atoms with van der Waals surface area (Å²) in [5.74, 6) is 6.19. The number of rotatable bonds is 6. The van der Waals surface area contributed by atoms with Gasteiger partial charge in [0.15, 0.2) is 0 Å². The highest BCUT2D eigenvalue weighted by Crippen LogP contribution is 2.40. The number of guanidine groups is 1. The van der Waals surface area contributed by atoms with Gasteiger partial charge in [0.25, 0.3) is 5.91 Å². The molecule has 3 heterocycles. The Morgan fingerprint density at radius 2 is 2.03 bits per heavy atom. The number of hydrogen-bond donors (Lipinski definition) is 1. The van der Waals surface area contributed by atoms with E-state index in [-0.39, 0.29) is 34.1 Å². The molecule has 4 aliphatic rings. The number of nitrogens with zero attached hydrogens (tertiary/aromatic N) is 6. The Hall–Kier alpha value is -3.20. The van der Waals surface area contributed by atoms with E-state index in [0.717, 1.165) is 30.6 Å². The fraction of sp³-hybridized carbons (Fsp3) is 0.500. The van der Waals surface area contributed by atoms with Crippen LogP contribution in [0.15, 0.2) is 40.5 Å². The lowest BCUT2D eigenvalue weighted by Gasteiger charge is -2.37. The van der Waals surface area contributed by atoms with Crippen LogP contribution in [0.1, 0.15) is 51.3 Å². The molecule has 2 fully saturated rings. The highest BCUT2D eigenvalue weighted by Gasteiger charge is 2.46. The summed E-state index contributed by atoms with van der Waals surface area (Å²) in [5.41, 5.74) is 0.0381. The van der Waals surface area contributed by atoms with Crippen LogP contribution in [0.3, 0.4) is 0 Å². The minimum atomic E-state index is -3.89. The number of amides is 1. The van der Waals surface area contributed by atoms with Gasteiger partial charge in [0, 0.05) is 24.3 Å². The van der Waals surface area contributed by atoms with Gasteiger partial charge in [-0.15, -0.1) is 0 Å². The number of sulfonamides is 1. The third kappa shape index (κ3) is 4.23. The van der Waals surface area contributed by atoms with Gasteiger partial charge in [0.2, 0.25) is 16.0 Å². The van der Waals surface area contributed by atoms with Gasteiger partial charge in [0.1, 0.15) is 6.04 Å². The molecule has 1 aromatic heterocycles. The number of anilines is 1. The van der Waals surface area contributed by atoms with Gasteiger partial charge in [-0.25, -0.2) is 18.1 Å². The maximum atomic E-state index is 14.0. The third-order valence-corrected chi connectivity index (χ3v) is 9.12. The zero-order valence-corrected chi connectivity index (χ0v) is 22.1. The number of benzene rings is 1. The second-order valence-corrected chi connectivity index (χ2v) is 12.4. The molecule has 1 aromatic carbocycles. The van der Waals surface area contributed by atoms with Gasteiger partial charge in [-0.3, -0.25) is 24.2 Å². The number of aromatic nitrogens is 2. The normalized spacial score (nSPS) is 24.0. The van der Waals surface area contributed by atoms with Crippen LogP contribution in [0.25, 0.3) is 0 Å². The van der Waals surface area contributed by atoms with Crippen LogP contribution in [0, 0.1) is 11.8 Å². The number of fused-ring (bicyclic) bond motifs is 3. The van der Waals surface area contributed by atoms with Crippen molar-refractivity contribution < 1.29 is 16.0 Å². The molecule has 11 heteroatoms. The van der Waals surface area contributed by atoms with E-state index in [1.54, 1.807) is 18.0 Å². The Labute approximate surface area is 220 Å². The first-order valence-corrected chi connectivity index (χ1v) is 13.8. The Balaban J connectivity index is 1.46. The monoisotopic (exact) mass is 523 g/mol. The number of hydrogen-bond acceptors (Lipinski definition) is 7. The molecule has 1 N–H and O–H groups in total. The van der Waals surface area contributed by atoms with E-state index in [1.807, 2.05) is 21.0 Å². The highest BCUT2D eigenvalue weighted by atomic mass is 32.2. The molecule has 2 aliphatic heterocycles. The Bertz CT molecular complexity index is 1580. The van der Waals surface area contributed by atoms with Gasteiger partial charge >= 0.3 is 0 Å². The van der Waals surface area contributed by atoms with Crippen molar-refractivity contribution in [2.24, 2.45) is 12.0 Å². The van der Waals surface area contributed by atoms with Crippen molar-refractivity contribution in [1.82, 2.24) is 24.3 Å². The van der Waals surface area contributed by atoms with E-state index in [1.165, 1.54) is 29.2 Å². The molecule has 0 spiro atoms. The number of nitrogens with one attached hydrogen (secondary N) is 1. The van der Waals surface area contributed by atoms with Crippen molar-refractivity contribution in [1.29, 1.82) is 0 Å². The van der Waals surface area contributed by atoms with Crippen LogP contribution in [-0.2, 0) is 23.6 Å². The van der Waals surface area contributed by atoms with Crippen molar-refractivity contribution in [3.05, 3.63) is 41.7 Å². The van der Waals surface area contributed by atoms with Crippen LogP contribution < -0.4 is 9.62 Å². The quantitative estimate of drug-likeness (QED) is 0.577. The molecule has 0 unspecified atom stereocenters. The lowest BCUT2D eigenvalue weighted by atomic mass is 10.1. The number of carbonyl (C=O) groups is 1. The van der Waals surface area contributed by atoms with Crippen molar-refractivity contribution >= 4 is 27.6 Å². The molecule has 37 heavy (non-hydrogen) atoms. The molecular formula is C26H31N7O3S. The van der Waals surface area contributed by atoms with E-state index in [2.05, 4.69) is 31.6 Å². The second-order valence-electron chi connectivity index (χ2n) is 10.7. The first-order chi connectivity index (χ1) is 18.3. The first-order valence-electron chi connectivity index (χ1n) is 13.3. The van der Waals surface area contributed by atoms with E-state index in [4.69, 9.17) is 2.74 Å². The standard InChI is InChI=1S/C26H31N7O3S/c1-25(9-10-25)29-37(35,36)20-5-6-22-21(13-20)23(34)32(17-18-14-28-31(4)16-18)24-27-15-19(33(22)24)7-8-26(11-12-26)30(2)3/h5-6,13-14,16,19,29H,9-12,15,17H2,1-4H3/t19-/m1/s1/i17D2. The Morgan fingerprint density at radius 1 is 1.27 bits per heavy atom. The molecule has 2 aromatic rings. The van der Waals surface area contributed by atoms with E-state index in [0.29, 0.717) is 5.69 Å². The van der Waals surface area contributed by atoms with Gasteiger partial charge in [-0.1, -0.05) is 11.8 Å². The third-order valence-electron chi connectivity index (χ3n) is 7.48. The summed E-state index contributed by atoms with van der Waals surface area (Å²) in [6, 6.07) is 3.97. The predicted octanol–water partition coefficient (Wildman–Crippen LogP) is 1.55. The summed E-state index contributed by atoms with van der Waals surface area (Å²) >= 11 is 0. The smallest absolute Gasteiger partial charge is 0.263 e. The molecule has 2 aliphatic carbocycles. The molecule has 194 valence electrons. The Kier molecular flexibility index (Phi) is 4.81. The summed E-state index contributed by atoms with van der Waals surface area (Å²) in [6.07, 6.45) is 6.30. The van der Waals surface area contributed by atoms with Crippen molar-refractivity contribution in [3.63, 3.8) is 0 Å². The summed E-state index contributed by atoms with van der Waals surface area (Å²) in [4.78, 5) is 23.4. The zero-order chi connectivity index (χ0) is 28.0. The number of aliphatic imine (C=N–C) groups is 1. The lowest BCUT2D eigenvalue weighted by Crippen LogP contribution is -2.52. The predicted molar refractivity (Wildman–Crippen MR) is 139 cm³/mol. The zero-order valence-electron chi connectivity index (χ0n) is 23.3. The SMILES string of the molecule is [2H]C([2H])(c1cnn(C)c1)N1C(=O)c2cc(S(=O)(=O)NC3(C)CC3)ccc2N2C1=NC[C@H]2C#CC1(N(C)C)CC1. The molecule has 0 saturated heterocycles. The molecule has 1 amide bonds. The maximum absolute atomic E-state index is 14.0. The van der Waals surface area contributed by atoms with Crippen LogP contribution in [0.5, 0.6) is 0 Å².